The third-order valence-corrected chi connectivity index (χ3v) is 4.42. The fourth-order valence-corrected chi connectivity index (χ4v) is 3.02. The van der Waals surface area contributed by atoms with Gasteiger partial charge in [-0.3, -0.25) is 4.90 Å². The molecular weight excluding hydrogens is 292 g/mol. The Labute approximate surface area is 117 Å². The second kappa shape index (κ2) is 6.15. The van der Waals surface area contributed by atoms with E-state index in [0.29, 0.717) is 6.54 Å². The van der Waals surface area contributed by atoms with Crippen molar-refractivity contribution in [3.8, 4) is 0 Å². The van der Waals surface area contributed by atoms with E-state index < -0.39 is 0 Å². The molecule has 1 aromatic rings. The fraction of sp³-hybridized carbons (Fsp3) is 0.571. The lowest BCUT2D eigenvalue weighted by atomic mass is 9.88. The van der Waals surface area contributed by atoms with Crippen LogP contribution in [0.5, 0.6) is 0 Å². The van der Waals surface area contributed by atoms with E-state index in [1.807, 2.05) is 0 Å². The minimum absolute atomic E-state index is 0.0978. The van der Waals surface area contributed by atoms with Crippen molar-refractivity contribution in [1.82, 2.24) is 4.90 Å². The lowest BCUT2D eigenvalue weighted by Gasteiger charge is -2.44. The second-order valence-corrected chi connectivity index (χ2v) is 5.94. The molecule has 0 aromatic heterocycles. The number of nitrogens with zero attached hydrogens (tertiary/aromatic N) is 1. The first-order chi connectivity index (χ1) is 8.66. The van der Waals surface area contributed by atoms with Gasteiger partial charge in [0.2, 0.25) is 0 Å². The van der Waals surface area contributed by atoms with Gasteiger partial charge in [-0.2, -0.15) is 0 Å². The summed E-state index contributed by atoms with van der Waals surface area (Å²) in [6, 6.07) is 8.45. The van der Waals surface area contributed by atoms with Crippen LogP contribution in [0.1, 0.15) is 18.4 Å². The van der Waals surface area contributed by atoms with Crippen molar-refractivity contribution >= 4 is 15.9 Å². The Morgan fingerprint density at radius 1 is 1.39 bits per heavy atom. The number of likely N-dealkylation sites (N-methyl/N-ethyl adjacent to an activating group) is 1. The number of benzene rings is 1. The van der Waals surface area contributed by atoms with Gasteiger partial charge in [0, 0.05) is 36.3 Å². The number of hydrogen-bond acceptors (Lipinski definition) is 3. The quantitative estimate of drug-likeness (QED) is 0.927. The van der Waals surface area contributed by atoms with Gasteiger partial charge < -0.3 is 10.5 Å². The Morgan fingerprint density at radius 2 is 2.11 bits per heavy atom. The molecule has 1 heterocycles. The maximum absolute atomic E-state index is 6.02. The number of nitrogens with two attached hydrogens (primary N) is 1. The van der Waals surface area contributed by atoms with Gasteiger partial charge in [0.05, 0.1) is 0 Å². The highest BCUT2D eigenvalue weighted by Gasteiger charge is 2.35. The van der Waals surface area contributed by atoms with E-state index in [1.165, 1.54) is 5.56 Å². The summed E-state index contributed by atoms with van der Waals surface area (Å²) in [4.78, 5) is 2.39. The zero-order chi connectivity index (χ0) is 13.0. The molecule has 4 heteroatoms. The van der Waals surface area contributed by atoms with E-state index >= 15 is 0 Å². The fourth-order valence-electron chi connectivity index (χ4n) is 2.57. The van der Waals surface area contributed by atoms with Crippen molar-refractivity contribution in [2.75, 3.05) is 26.8 Å². The molecule has 1 saturated heterocycles. The van der Waals surface area contributed by atoms with E-state index in [1.54, 1.807) is 0 Å². The van der Waals surface area contributed by atoms with Gasteiger partial charge in [0.1, 0.15) is 0 Å². The Hall–Kier alpha value is -0.420. The first kappa shape index (κ1) is 14.0. The molecule has 1 aromatic carbocycles. The summed E-state index contributed by atoms with van der Waals surface area (Å²) in [7, 11) is 2.17. The van der Waals surface area contributed by atoms with Crippen molar-refractivity contribution in [3.63, 3.8) is 0 Å². The van der Waals surface area contributed by atoms with Crippen molar-refractivity contribution in [2.45, 2.75) is 24.9 Å². The molecule has 0 bridgehead atoms. The number of halogens is 1. The minimum Gasteiger partial charge on any atom is -0.381 e. The summed E-state index contributed by atoms with van der Waals surface area (Å²) in [6.45, 7) is 3.26. The molecule has 0 radical (unpaired) electrons. The van der Waals surface area contributed by atoms with Crippen LogP contribution in [0.2, 0.25) is 0 Å². The van der Waals surface area contributed by atoms with Crippen LogP contribution in [0.15, 0.2) is 28.7 Å². The molecule has 1 aliphatic rings. The molecule has 0 atom stereocenters. The van der Waals surface area contributed by atoms with Crippen molar-refractivity contribution in [3.05, 3.63) is 34.3 Å². The maximum atomic E-state index is 6.02. The number of ether oxygens (including phenoxy) is 1. The molecule has 3 nitrogen and oxygen atoms in total. The van der Waals surface area contributed by atoms with Gasteiger partial charge >= 0.3 is 0 Å². The molecule has 0 spiro atoms. The first-order valence-electron chi connectivity index (χ1n) is 6.40. The average molecular weight is 313 g/mol. The largest absolute Gasteiger partial charge is 0.381 e. The van der Waals surface area contributed by atoms with Crippen LogP contribution >= 0.6 is 15.9 Å². The molecule has 0 aliphatic carbocycles. The second-order valence-electron chi connectivity index (χ2n) is 5.03. The van der Waals surface area contributed by atoms with Crippen LogP contribution in [-0.4, -0.2) is 37.2 Å². The van der Waals surface area contributed by atoms with Crippen LogP contribution in [-0.2, 0) is 11.3 Å². The molecule has 1 aliphatic heterocycles. The molecule has 100 valence electrons. The summed E-state index contributed by atoms with van der Waals surface area (Å²) in [5.41, 5.74) is 7.43. The van der Waals surface area contributed by atoms with Crippen LogP contribution in [0.25, 0.3) is 0 Å². The van der Waals surface area contributed by atoms with Crippen molar-refractivity contribution in [2.24, 2.45) is 5.73 Å². The smallest absolute Gasteiger partial charge is 0.0484 e. The topological polar surface area (TPSA) is 38.5 Å². The predicted octanol–water partition coefficient (Wildman–Crippen LogP) is 2.39. The zero-order valence-corrected chi connectivity index (χ0v) is 12.4. The first-order valence-corrected chi connectivity index (χ1v) is 7.19. The SMILES string of the molecule is CN(Cc1cccc(Br)c1)C1(CN)CCOCC1. The molecule has 18 heavy (non-hydrogen) atoms. The van der Waals surface area contributed by atoms with Gasteiger partial charge in [-0.1, -0.05) is 28.1 Å². The van der Waals surface area contributed by atoms with Gasteiger partial charge in [-0.15, -0.1) is 0 Å². The van der Waals surface area contributed by atoms with Crippen molar-refractivity contribution < 1.29 is 4.74 Å². The monoisotopic (exact) mass is 312 g/mol. The van der Waals surface area contributed by atoms with Gasteiger partial charge in [-0.05, 0) is 37.6 Å². The normalized spacial score (nSPS) is 19.1. The summed E-state index contributed by atoms with van der Waals surface area (Å²) < 4.78 is 6.58. The van der Waals surface area contributed by atoms with Gasteiger partial charge in [-0.25, -0.2) is 0 Å². The Kier molecular flexibility index (Phi) is 4.78. The molecule has 1 fully saturated rings. The Bertz CT molecular complexity index is 391. The lowest BCUT2D eigenvalue weighted by Crippen LogP contribution is -2.54. The predicted molar refractivity (Wildman–Crippen MR) is 77.4 cm³/mol. The lowest BCUT2D eigenvalue weighted by molar-refractivity contribution is -0.0163. The highest BCUT2D eigenvalue weighted by Crippen LogP contribution is 2.27. The highest BCUT2D eigenvalue weighted by molar-refractivity contribution is 9.10. The van der Waals surface area contributed by atoms with Crippen LogP contribution in [0, 0.1) is 0 Å². The maximum Gasteiger partial charge on any atom is 0.0484 e. The minimum atomic E-state index is 0.0978. The zero-order valence-electron chi connectivity index (χ0n) is 10.9. The molecule has 2 N–H and O–H groups in total. The molecule has 0 amide bonds. The molecule has 0 saturated carbocycles. The summed E-state index contributed by atoms with van der Waals surface area (Å²) in [6.07, 6.45) is 2.04. The van der Waals surface area contributed by atoms with E-state index in [0.717, 1.165) is 37.1 Å². The highest BCUT2D eigenvalue weighted by atomic mass is 79.9. The summed E-state index contributed by atoms with van der Waals surface area (Å²) in [5, 5.41) is 0. The number of hydrogen-bond donors (Lipinski definition) is 1. The Balaban J connectivity index is 2.07. The molecule has 2 rings (SSSR count). The van der Waals surface area contributed by atoms with E-state index in [4.69, 9.17) is 10.5 Å². The van der Waals surface area contributed by atoms with Gasteiger partial charge in [0.15, 0.2) is 0 Å². The van der Waals surface area contributed by atoms with Crippen LogP contribution < -0.4 is 5.73 Å². The van der Waals surface area contributed by atoms with Gasteiger partial charge in [0.25, 0.3) is 0 Å². The third kappa shape index (κ3) is 3.12. The van der Waals surface area contributed by atoms with Crippen molar-refractivity contribution in [1.29, 1.82) is 0 Å². The standard InChI is InChI=1S/C14H21BrN2O/c1-17(10-12-3-2-4-13(15)9-12)14(11-16)5-7-18-8-6-14/h2-4,9H,5-8,10-11,16H2,1H3. The van der Waals surface area contributed by atoms with E-state index in [-0.39, 0.29) is 5.54 Å². The molecule has 0 unspecified atom stereocenters. The third-order valence-electron chi connectivity index (χ3n) is 3.92. The van der Waals surface area contributed by atoms with Crippen LogP contribution in [0.3, 0.4) is 0 Å². The van der Waals surface area contributed by atoms with E-state index in [9.17, 15) is 0 Å². The van der Waals surface area contributed by atoms with E-state index in [2.05, 4.69) is 52.1 Å². The Morgan fingerprint density at radius 3 is 2.72 bits per heavy atom. The summed E-state index contributed by atoms with van der Waals surface area (Å²) in [5.74, 6) is 0. The average Bonchev–Trinajstić information content (AvgIpc) is 2.39. The number of rotatable bonds is 4. The van der Waals surface area contributed by atoms with Crippen LogP contribution in [0.4, 0.5) is 0 Å². The summed E-state index contributed by atoms with van der Waals surface area (Å²) >= 11 is 3.52. The molecular formula is C14H21BrN2O.